The highest BCUT2D eigenvalue weighted by molar-refractivity contribution is 5.76. The highest BCUT2D eigenvalue weighted by atomic mass is 15.2. The van der Waals surface area contributed by atoms with Crippen LogP contribution < -0.4 is 4.90 Å². The number of nitrogens with zero attached hydrogens (tertiary/aromatic N) is 2. The molecule has 0 N–H and O–H groups in total. The minimum atomic E-state index is 0.466. The Kier molecular flexibility index (Phi) is 13.9. The van der Waals surface area contributed by atoms with E-state index in [2.05, 4.69) is 116 Å². The molecular weight excluding hydrogens is 544 g/mol. The van der Waals surface area contributed by atoms with E-state index < -0.39 is 0 Å². The van der Waals surface area contributed by atoms with Gasteiger partial charge in [0, 0.05) is 23.3 Å². The van der Waals surface area contributed by atoms with Gasteiger partial charge in [0.05, 0.1) is 11.6 Å². The van der Waals surface area contributed by atoms with Crippen LogP contribution in [0.2, 0.25) is 0 Å². The molecule has 3 aromatic rings. The number of rotatable bonds is 6. The first-order chi connectivity index (χ1) is 21.9. The second-order valence-electron chi connectivity index (χ2n) is 11.6. The van der Waals surface area contributed by atoms with E-state index in [1.165, 1.54) is 47.3 Å². The number of aryl methyl sites for hydroxylation is 1. The van der Waals surface area contributed by atoms with Crippen LogP contribution in [-0.2, 0) is 6.42 Å². The van der Waals surface area contributed by atoms with Crippen molar-refractivity contribution in [2.45, 2.75) is 85.6 Å². The van der Waals surface area contributed by atoms with Gasteiger partial charge in [-0.3, -0.25) is 0 Å². The van der Waals surface area contributed by atoms with Crippen LogP contribution in [-0.4, -0.2) is 6.04 Å². The maximum Gasteiger partial charge on any atom is 0.0991 e. The van der Waals surface area contributed by atoms with Crippen molar-refractivity contribution in [1.29, 1.82) is 5.26 Å². The van der Waals surface area contributed by atoms with Crippen molar-refractivity contribution in [1.82, 2.24) is 0 Å². The molecule has 0 amide bonds. The lowest BCUT2D eigenvalue weighted by Gasteiger charge is -2.27. The van der Waals surface area contributed by atoms with E-state index in [1.807, 2.05) is 52.8 Å². The van der Waals surface area contributed by atoms with E-state index in [-0.39, 0.29) is 0 Å². The second-order valence-corrected chi connectivity index (χ2v) is 11.6. The van der Waals surface area contributed by atoms with Gasteiger partial charge in [0.2, 0.25) is 0 Å². The minimum absolute atomic E-state index is 0.466. The molecule has 0 radical (unpaired) electrons. The first-order valence-corrected chi connectivity index (χ1v) is 16.8. The molecule has 234 valence electrons. The Hall–Kier alpha value is -4.35. The fraction of sp³-hybridized carbons (Fsp3) is 0.326. The third-order valence-electron chi connectivity index (χ3n) is 8.47. The summed E-state index contributed by atoms with van der Waals surface area (Å²) in [6, 6.07) is 29.0. The Morgan fingerprint density at radius 2 is 1.64 bits per heavy atom. The van der Waals surface area contributed by atoms with Crippen LogP contribution in [0.3, 0.4) is 0 Å². The van der Waals surface area contributed by atoms with Gasteiger partial charge in [-0.15, -0.1) is 0 Å². The predicted molar refractivity (Wildman–Crippen MR) is 197 cm³/mol. The minimum Gasteiger partial charge on any atom is -0.338 e. The molecule has 1 heterocycles. The lowest BCUT2D eigenvalue weighted by atomic mass is 9.93. The molecule has 0 aromatic heterocycles. The van der Waals surface area contributed by atoms with Gasteiger partial charge in [0.25, 0.3) is 0 Å². The summed E-state index contributed by atoms with van der Waals surface area (Å²) in [7, 11) is 0. The van der Waals surface area contributed by atoms with E-state index >= 15 is 0 Å². The molecule has 2 aliphatic carbocycles. The third-order valence-corrected chi connectivity index (χ3v) is 8.47. The molecule has 1 fully saturated rings. The maximum atomic E-state index is 9.34. The summed E-state index contributed by atoms with van der Waals surface area (Å²) in [6.45, 7) is 20.0. The molecule has 0 spiro atoms. The van der Waals surface area contributed by atoms with E-state index in [1.54, 1.807) is 0 Å². The Labute approximate surface area is 273 Å². The fourth-order valence-electron chi connectivity index (χ4n) is 6.41. The molecule has 0 saturated heterocycles. The topological polar surface area (TPSA) is 27.0 Å². The van der Waals surface area contributed by atoms with Crippen molar-refractivity contribution in [2.24, 2.45) is 5.92 Å². The molecule has 1 saturated carbocycles. The Morgan fingerprint density at radius 3 is 2.22 bits per heavy atom. The Morgan fingerprint density at radius 1 is 0.933 bits per heavy atom. The molecule has 0 bridgehead atoms. The Bertz CT molecular complexity index is 1530. The van der Waals surface area contributed by atoms with Gasteiger partial charge in [-0.1, -0.05) is 126 Å². The van der Waals surface area contributed by atoms with E-state index in [4.69, 9.17) is 0 Å². The summed E-state index contributed by atoms with van der Waals surface area (Å²) in [5, 5.41) is 9.34. The van der Waals surface area contributed by atoms with Gasteiger partial charge in [-0.25, -0.2) is 0 Å². The SMILES string of the molecule is C=C(C)/C(=C\c1ccc2c(c1)C1CCCC1N2c1ccc(CC2C=CC=CC2)cc1)C(=C)C#N.CC.CC.Cc1ccccc1. The average molecular weight is 597 g/mol. The lowest BCUT2D eigenvalue weighted by molar-refractivity contribution is 0.640. The van der Waals surface area contributed by atoms with Gasteiger partial charge in [0.15, 0.2) is 0 Å². The Balaban J connectivity index is 0.000000433. The molecule has 1 aliphatic heterocycles. The molecule has 6 rings (SSSR count). The van der Waals surface area contributed by atoms with E-state index in [9.17, 15) is 5.26 Å². The monoisotopic (exact) mass is 596 g/mol. The quantitative estimate of drug-likeness (QED) is 0.209. The van der Waals surface area contributed by atoms with Gasteiger partial charge >= 0.3 is 0 Å². The molecular formula is C43H52N2. The van der Waals surface area contributed by atoms with Crippen LogP contribution in [0.25, 0.3) is 6.08 Å². The second kappa shape index (κ2) is 17.8. The van der Waals surface area contributed by atoms with Crippen LogP contribution in [0.15, 0.2) is 127 Å². The summed E-state index contributed by atoms with van der Waals surface area (Å²) < 4.78 is 0. The van der Waals surface area contributed by atoms with Crippen LogP contribution in [0, 0.1) is 24.2 Å². The van der Waals surface area contributed by atoms with Crippen LogP contribution >= 0.6 is 0 Å². The van der Waals surface area contributed by atoms with Crippen molar-refractivity contribution in [2.75, 3.05) is 4.90 Å². The van der Waals surface area contributed by atoms with Crippen LogP contribution in [0.1, 0.15) is 88.5 Å². The maximum absolute atomic E-state index is 9.34. The predicted octanol–water partition coefficient (Wildman–Crippen LogP) is 12.2. The molecule has 2 nitrogen and oxygen atoms in total. The number of hydrogen-bond acceptors (Lipinski definition) is 2. The smallest absolute Gasteiger partial charge is 0.0991 e. The number of benzene rings is 3. The number of allylic oxidation sites excluding steroid dienone is 7. The van der Waals surface area contributed by atoms with Gasteiger partial charge < -0.3 is 4.90 Å². The third kappa shape index (κ3) is 9.09. The highest BCUT2D eigenvalue weighted by Gasteiger charge is 2.42. The number of anilines is 2. The van der Waals surface area contributed by atoms with Crippen molar-refractivity contribution in [3.63, 3.8) is 0 Å². The normalized spacial score (nSPS) is 18.9. The summed E-state index contributed by atoms with van der Waals surface area (Å²) in [5.74, 6) is 1.17. The first kappa shape index (κ1) is 35.1. The van der Waals surface area contributed by atoms with Crippen LogP contribution in [0.4, 0.5) is 11.4 Å². The number of nitriles is 1. The summed E-state index contributed by atoms with van der Waals surface area (Å²) >= 11 is 0. The van der Waals surface area contributed by atoms with Gasteiger partial charge in [-0.05, 0) is 104 Å². The van der Waals surface area contributed by atoms with Crippen molar-refractivity contribution < 1.29 is 0 Å². The van der Waals surface area contributed by atoms with Gasteiger partial charge in [-0.2, -0.15) is 5.26 Å². The van der Waals surface area contributed by atoms with Crippen molar-refractivity contribution in [3.05, 3.63) is 149 Å². The van der Waals surface area contributed by atoms with Crippen molar-refractivity contribution >= 4 is 17.5 Å². The van der Waals surface area contributed by atoms with E-state index in [0.717, 1.165) is 29.6 Å². The molecule has 3 unspecified atom stereocenters. The number of hydrogen-bond donors (Lipinski definition) is 0. The molecule has 2 heteroatoms. The lowest BCUT2D eigenvalue weighted by Crippen LogP contribution is -2.26. The standard InChI is InChI=1S/C32H32N2.C7H8.2C2H6/c1-22(2)29(23(3)21-33)19-26-14-17-32-30(20-26)28-10-7-11-31(28)34(32)27-15-12-25(13-16-27)18-24-8-5-4-6-9-24;1-7-5-3-2-4-6-7;2*1-2/h4-6,8,12-17,19-20,24,28,31H,1,3,7,9-11,18H2,2H3;2-6H,1H3;2*1-2H3/b29-19+;;;. The number of fused-ring (bicyclic) bond motifs is 3. The fourth-order valence-corrected chi connectivity index (χ4v) is 6.41. The largest absolute Gasteiger partial charge is 0.338 e. The highest BCUT2D eigenvalue weighted by Crippen LogP contribution is 2.52. The first-order valence-electron chi connectivity index (χ1n) is 16.8. The summed E-state index contributed by atoms with van der Waals surface area (Å²) in [6.07, 6.45) is 16.9. The molecule has 45 heavy (non-hydrogen) atoms. The zero-order valence-electron chi connectivity index (χ0n) is 28.4. The summed E-state index contributed by atoms with van der Waals surface area (Å²) in [4.78, 5) is 2.57. The van der Waals surface area contributed by atoms with Crippen LogP contribution in [0.5, 0.6) is 0 Å². The summed E-state index contributed by atoms with van der Waals surface area (Å²) in [5.41, 5.74) is 10.1. The zero-order valence-corrected chi connectivity index (χ0v) is 28.4. The van der Waals surface area contributed by atoms with Gasteiger partial charge in [0.1, 0.15) is 0 Å². The zero-order chi connectivity index (χ0) is 32.8. The molecule has 3 atom stereocenters. The van der Waals surface area contributed by atoms with E-state index in [0.29, 0.717) is 23.5 Å². The average Bonchev–Trinajstić information content (AvgIpc) is 3.68. The molecule has 3 aromatic carbocycles. The molecule has 3 aliphatic rings. The van der Waals surface area contributed by atoms with Crippen molar-refractivity contribution in [3.8, 4) is 6.07 Å².